The molecule has 0 saturated heterocycles. The molecule has 5 nitrogen and oxygen atoms in total. The SMILES string of the molecule is CCC(N)(CC)CNC(=O)c1ccccc1S(=O)(=O)C(C)C.Cl. The van der Waals surface area contributed by atoms with Crippen LogP contribution in [0.5, 0.6) is 0 Å². The summed E-state index contributed by atoms with van der Waals surface area (Å²) in [4.78, 5) is 12.4. The molecular weight excluding hydrogens is 336 g/mol. The lowest BCUT2D eigenvalue weighted by Crippen LogP contribution is -2.49. The molecule has 7 heteroatoms. The summed E-state index contributed by atoms with van der Waals surface area (Å²) in [7, 11) is -3.51. The third-order valence-electron chi connectivity index (χ3n) is 4.07. The average molecular weight is 363 g/mol. The molecule has 0 heterocycles. The second-order valence-corrected chi connectivity index (χ2v) is 8.31. The highest BCUT2D eigenvalue weighted by molar-refractivity contribution is 7.92. The van der Waals surface area contributed by atoms with Gasteiger partial charge in [0.15, 0.2) is 9.84 Å². The molecule has 3 N–H and O–H groups in total. The summed E-state index contributed by atoms with van der Waals surface area (Å²) >= 11 is 0. The van der Waals surface area contributed by atoms with Gasteiger partial charge in [-0.1, -0.05) is 26.0 Å². The van der Waals surface area contributed by atoms with E-state index in [0.717, 1.165) is 12.8 Å². The molecule has 1 aromatic carbocycles. The summed E-state index contributed by atoms with van der Waals surface area (Å²) in [5.74, 6) is -0.406. The molecule has 0 aliphatic rings. The van der Waals surface area contributed by atoms with Crippen molar-refractivity contribution in [2.24, 2.45) is 5.73 Å². The largest absolute Gasteiger partial charge is 0.350 e. The normalized spacial score (nSPS) is 11.9. The van der Waals surface area contributed by atoms with Crippen LogP contribution in [0, 0.1) is 0 Å². The zero-order chi connectivity index (χ0) is 17.0. The van der Waals surface area contributed by atoms with Crippen LogP contribution in [0.4, 0.5) is 0 Å². The average Bonchev–Trinajstić information content (AvgIpc) is 2.52. The van der Waals surface area contributed by atoms with E-state index < -0.39 is 26.5 Å². The minimum atomic E-state index is -3.51. The lowest BCUT2D eigenvalue weighted by Gasteiger charge is -2.27. The predicted octanol–water partition coefficient (Wildman–Crippen LogP) is 2.54. The Balaban J connectivity index is 0.00000484. The Morgan fingerprint density at radius 1 is 1.22 bits per heavy atom. The van der Waals surface area contributed by atoms with Gasteiger partial charge in [0.2, 0.25) is 0 Å². The van der Waals surface area contributed by atoms with Crippen molar-refractivity contribution in [1.29, 1.82) is 0 Å². The van der Waals surface area contributed by atoms with Crippen molar-refractivity contribution < 1.29 is 13.2 Å². The molecule has 0 aromatic heterocycles. The number of rotatable bonds is 7. The first-order valence-electron chi connectivity index (χ1n) is 7.58. The van der Waals surface area contributed by atoms with Gasteiger partial charge in [0.1, 0.15) is 0 Å². The highest BCUT2D eigenvalue weighted by atomic mass is 35.5. The maximum Gasteiger partial charge on any atom is 0.252 e. The molecule has 0 fully saturated rings. The second-order valence-electron chi connectivity index (χ2n) is 5.84. The predicted molar refractivity (Wildman–Crippen MR) is 95.8 cm³/mol. The van der Waals surface area contributed by atoms with E-state index in [0.29, 0.717) is 6.54 Å². The van der Waals surface area contributed by atoms with Gasteiger partial charge in [0.25, 0.3) is 5.91 Å². The summed E-state index contributed by atoms with van der Waals surface area (Å²) in [5, 5.41) is 2.18. The summed E-state index contributed by atoms with van der Waals surface area (Å²) < 4.78 is 24.7. The number of carbonyl (C=O) groups excluding carboxylic acids is 1. The van der Waals surface area contributed by atoms with Crippen LogP contribution in [-0.2, 0) is 9.84 Å². The summed E-state index contributed by atoms with van der Waals surface area (Å²) in [6.45, 7) is 7.45. The van der Waals surface area contributed by atoms with Crippen molar-refractivity contribution in [2.45, 2.75) is 56.2 Å². The minimum Gasteiger partial charge on any atom is -0.350 e. The number of hydrogen-bond acceptors (Lipinski definition) is 4. The smallest absolute Gasteiger partial charge is 0.252 e. The van der Waals surface area contributed by atoms with E-state index in [1.165, 1.54) is 12.1 Å². The van der Waals surface area contributed by atoms with E-state index in [-0.39, 0.29) is 22.9 Å². The quantitative estimate of drug-likeness (QED) is 0.780. The lowest BCUT2D eigenvalue weighted by molar-refractivity contribution is 0.0939. The van der Waals surface area contributed by atoms with Crippen LogP contribution >= 0.6 is 12.4 Å². The summed E-state index contributed by atoms with van der Waals surface area (Å²) in [6.07, 6.45) is 1.46. The van der Waals surface area contributed by atoms with Crippen molar-refractivity contribution in [3.63, 3.8) is 0 Å². The molecule has 0 aliphatic carbocycles. The van der Waals surface area contributed by atoms with E-state index in [2.05, 4.69) is 5.32 Å². The topological polar surface area (TPSA) is 89.3 Å². The van der Waals surface area contributed by atoms with Crippen molar-refractivity contribution in [3.05, 3.63) is 29.8 Å². The van der Waals surface area contributed by atoms with Gasteiger partial charge in [-0.2, -0.15) is 0 Å². The van der Waals surface area contributed by atoms with Crippen LogP contribution in [0.25, 0.3) is 0 Å². The van der Waals surface area contributed by atoms with Gasteiger partial charge in [-0.15, -0.1) is 12.4 Å². The fourth-order valence-electron chi connectivity index (χ4n) is 2.01. The van der Waals surface area contributed by atoms with Crippen LogP contribution < -0.4 is 11.1 Å². The lowest BCUT2D eigenvalue weighted by atomic mass is 9.94. The van der Waals surface area contributed by atoms with E-state index >= 15 is 0 Å². The molecule has 0 atom stereocenters. The highest BCUT2D eigenvalue weighted by Gasteiger charge is 2.26. The molecule has 1 rings (SSSR count). The molecule has 0 unspecified atom stereocenters. The Morgan fingerprint density at radius 3 is 2.22 bits per heavy atom. The molecule has 0 saturated carbocycles. The van der Waals surface area contributed by atoms with Gasteiger partial charge in [-0.25, -0.2) is 8.42 Å². The van der Waals surface area contributed by atoms with Crippen LogP contribution in [-0.4, -0.2) is 31.7 Å². The molecule has 0 radical (unpaired) electrons. The standard InChI is InChI=1S/C16H26N2O3S.ClH/c1-5-16(17,6-2)11-18-15(19)13-9-7-8-10-14(13)22(20,21)12(3)4;/h7-10,12H,5-6,11,17H2,1-4H3,(H,18,19);1H. The number of nitrogens with two attached hydrogens (primary N) is 1. The Kier molecular flexibility index (Phi) is 8.24. The summed E-state index contributed by atoms with van der Waals surface area (Å²) in [6, 6.07) is 6.28. The fraction of sp³-hybridized carbons (Fsp3) is 0.562. The zero-order valence-electron chi connectivity index (χ0n) is 14.1. The van der Waals surface area contributed by atoms with Crippen LogP contribution in [0.3, 0.4) is 0 Å². The number of benzene rings is 1. The zero-order valence-corrected chi connectivity index (χ0v) is 15.8. The number of carbonyl (C=O) groups is 1. The van der Waals surface area contributed by atoms with Crippen LogP contribution in [0.15, 0.2) is 29.2 Å². The van der Waals surface area contributed by atoms with Gasteiger partial charge in [-0.05, 0) is 38.8 Å². The number of halogens is 1. The third kappa shape index (κ3) is 5.19. The number of nitrogens with one attached hydrogen (secondary N) is 1. The minimum absolute atomic E-state index is 0. The maximum absolute atomic E-state index is 12.4. The third-order valence-corrected chi connectivity index (χ3v) is 6.28. The monoisotopic (exact) mass is 362 g/mol. The summed E-state index contributed by atoms with van der Waals surface area (Å²) in [5.41, 5.74) is 5.86. The Hall–Kier alpha value is -1.11. The molecular formula is C16H27ClN2O3S. The fourth-order valence-corrected chi connectivity index (χ4v) is 3.25. The number of sulfone groups is 1. The van der Waals surface area contributed by atoms with Gasteiger partial charge in [0, 0.05) is 12.1 Å². The van der Waals surface area contributed by atoms with E-state index in [4.69, 9.17) is 5.73 Å². The van der Waals surface area contributed by atoms with Crippen molar-refractivity contribution in [3.8, 4) is 0 Å². The van der Waals surface area contributed by atoms with Crippen molar-refractivity contribution >= 4 is 28.2 Å². The Morgan fingerprint density at radius 2 is 1.74 bits per heavy atom. The first-order chi connectivity index (χ1) is 10.2. The van der Waals surface area contributed by atoms with Crippen LogP contribution in [0.1, 0.15) is 50.9 Å². The van der Waals surface area contributed by atoms with E-state index in [1.54, 1.807) is 26.0 Å². The van der Waals surface area contributed by atoms with Gasteiger partial charge >= 0.3 is 0 Å². The highest BCUT2D eigenvalue weighted by Crippen LogP contribution is 2.20. The van der Waals surface area contributed by atoms with E-state index in [9.17, 15) is 13.2 Å². The second kappa shape index (κ2) is 8.66. The van der Waals surface area contributed by atoms with Crippen molar-refractivity contribution in [1.82, 2.24) is 5.32 Å². The Labute approximate surface area is 145 Å². The molecule has 132 valence electrons. The van der Waals surface area contributed by atoms with Gasteiger partial charge in [0.05, 0.1) is 15.7 Å². The maximum atomic E-state index is 12.4. The Bertz CT molecular complexity index is 626. The first kappa shape index (κ1) is 21.9. The molecule has 1 aromatic rings. The van der Waals surface area contributed by atoms with Crippen molar-refractivity contribution in [2.75, 3.05) is 6.54 Å². The molecule has 1 amide bonds. The first-order valence-corrected chi connectivity index (χ1v) is 9.12. The van der Waals surface area contributed by atoms with Gasteiger partial charge in [-0.3, -0.25) is 4.79 Å². The van der Waals surface area contributed by atoms with Gasteiger partial charge < -0.3 is 11.1 Å². The van der Waals surface area contributed by atoms with Crippen LogP contribution in [0.2, 0.25) is 0 Å². The number of hydrogen-bond donors (Lipinski definition) is 2. The molecule has 23 heavy (non-hydrogen) atoms. The molecule has 0 aliphatic heterocycles. The number of amides is 1. The molecule has 0 spiro atoms. The molecule has 0 bridgehead atoms. The van der Waals surface area contributed by atoms with E-state index in [1.807, 2.05) is 13.8 Å².